The molecule has 3 heterocycles. The lowest BCUT2D eigenvalue weighted by molar-refractivity contribution is -0.129. The predicted octanol–water partition coefficient (Wildman–Crippen LogP) is -0.0403. The number of piperazine rings is 1. The molecule has 1 aromatic carbocycles. The van der Waals surface area contributed by atoms with E-state index in [4.69, 9.17) is 17.0 Å². The van der Waals surface area contributed by atoms with E-state index >= 15 is 0 Å². The van der Waals surface area contributed by atoms with Gasteiger partial charge in [0.05, 0.1) is 19.3 Å². The Bertz CT molecular complexity index is 883. The minimum atomic E-state index is -0.295. The van der Waals surface area contributed by atoms with Crippen LogP contribution in [-0.2, 0) is 20.9 Å². The van der Waals surface area contributed by atoms with E-state index in [0.29, 0.717) is 44.0 Å². The minimum Gasteiger partial charge on any atom is -0.379 e. The molecule has 192 valence electrons. The highest BCUT2D eigenvalue weighted by atomic mass is 32.1. The third kappa shape index (κ3) is 7.57. The van der Waals surface area contributed by atoms with E-state index in [-0.39, 0.29) is 35.8 Å². The highest BCUT2D eigenvalue weighted by molar-refractivity contribution is 7.80. The standard InChI is InChI=1S/C24H35FN6O3S/c25-18-3-1-17(2-4-18)14-27-22(32)6-5-20-15-28-23(33)21-13-19(16-31(20)21)29-24(35)26-7-8-30-9-11-34-12-10-30/h1-4,19-21H,5-16H2,(H,27,32)(H,28,33)(H2,26,29,35)/t19-,20-,21+/m0/s1. The van der Waals surface area contributed by atoms with Crippen LogP contribution >= 0.6 is 12.2 Å². The number of morpholine rings is 1. The van der Waals surface area contributed by atoms with Crippen molar-refractivity contribution >= 4 is 29.1 Å². The highest BCUT2D eigenvalue weighted by Crippen LogP contribution is 2.25. The van der Waals surface area contributed by atoms with Crippen molar-refractivity contribution in [3.63, 3.8) is 0 Å². The van der Waals surface area contributed by atoms with Crippen LogP contribution in [0.1, 0.15) is 24.8 Å². The normalized spacial score (nSPS) is 24.9. The van der Waals surface area contributed by atoms with Crippen LogP contribution in [0, 0.1) is 5.82 Å². The fourth-order valence-electron chi connectivity index (χ4n) is 4.93. The van der Waals surface area contributed by atoms with Crippen LogP contribution in [0.4, 0.5) is 4.39 Å². The first-order valence-corrected chi connectivity index (χ1v) is 12.8. The van der Waals surface area contributed by atoms with Gasteiger partial charge in [0.25, 0.3) is 0 Å². The lowest BCUT2D eigenvalue weighted by atomic mass is 10.0. The average Bonchev–Trinajstić information content (AvgIpc) is 3.28. The zero-order valence-electron chi connectivity index (χ0n) is 19.9. The molecule has 35 heavy (non-hydrogen) atoms. The highest BCUT2D eigenvalue weighted by Gasteiger charge is 2.43. The van der Waals surface area contributed by atoms with Gasteiger partial charge in [-0.15, -0.1) is 0 Å². The van der Waals surface area contributed by atoms with Crippen LogP contribution in [-0.4, -0.2) is 97.3 Å². The first-order chi connectivity index (χ1) is 17.0. The second kappa shape index (κ2) is 12.6. The summed E-state index contributed by atoms with van der Waals surface area (Å²) >= 11 is 5.49. The van der Waals surface area contributed by atoms with Gasteiger partial charge in [-0.05, 0) is 42.8 Å². The lowest BCUT2D eigenvalue weighted by Gasteiger charge is -2.37. The third-order valence-electron chi connectivity index (χ3n) is 6.88. The molecule has 3 saturated heterocycles. The monoisotopic (exact) mass is 506 g/mol. The van der Waals surface area contributed by atoms with Crippen molar-refractivity contribution in [1.29, 1.82) is 0 Å². The summed E-state index contributed by atoms with van der Waals surface area (Å²) in [6.45, 7) is 6.75. The van der Waals surface area contributed by atoms with Gasteiger partial charge in [0.1, 0.15) is 5.82 Å². The Morgan fingerprint density at radius 1 is 1.20 bits per heavy atom. The van der Waals surface area contributed by atoms with E-state index in [1.807, 2.05) is 0 Å². The maximum atomic E-state index is 13.0. The quantitative estimate of drug-likeness (QED) is 0.347. The Hall–Kier alpha value is -2.34. The largest absolute Gasteiger partial charge is 0.379 e. The number of nitrogens with zero attached hydrogens (tertiary/aromatic N) is 2. The Morgan fingerprint density at radius 2 is 1.97 bits per heavy atom. The zero-order chi connectivity index (χ0) is 24.6. The number of benzene rings is 1. The Morgan fingerprint density at radius 3 is 2.74 bits per heavy atom. The maximum absolute atomic E-state index is 13.0. The molecule has 0 radical (unpaired) electrons. The van der Waals surface area contributed by atoms with Crippen LogP contribution in [0.3, 0.4) is 0 Å². The van der Waals surface area contributed by atoms with Gasteiger partial charge in [0.15, 0.2) is 5.11 Å². The van der Waals surface area contributed by atoms with E-state index < -0.39 is 0 Å². The third-order valence-corrected chi connectivity index (χ3v) is 7.15. The number of carbonyl (C=O) groups is 2. The second-order valence-corrected chi connectivity index (χ2v) is 9.75. The molecule has 0 aromatic heterocycles. The molecule has 4 N–H and O–H groups in total. The zero-order valence-corrected chi connectivity index (χ0v) is 20.7. The van der Waals surface area contributed by atoms with E-state index in [2.05, 4.69) is 31.1 Å². The van der Waals surface area contributed by atoms with Gasteiger partial charge >= 0.3 is 0 Å². The number of amides is 2. The van der Waals surface area contributed by atoms with Gasteiger partial charge in [-0.2, -0.15) is 0 Å². The number of halogens is 1. The van der Waals surface area contributed by atoms with Crippen molar-refractivity contribution in [2.24, 2.45) is 0 Å². The predicted molar refractivity (Wildman–Crippen MR) is 134 cm³/mol. The molecule has 3 aliphatic heterocycles. The summed E-state index contributed by atoms with van der Waals surface area (Å²) in [7, 11) is 0. The maximum Gasteiger partial charge on any atom is 0.237 e. The van der Waals surface area contributed by atoms with Gasteiger partial charge in [0.2, 0.25) is 11.8 Å². The van der Waals surface area contributed by atoms with Crippen molar-refractivity contribution < 1.29 is 18.7 Å². The molecule has 11 heteroatoms. The van der Waals surface area contributed by atoms with Gasteiger partial charge in [-0.25, -0.2) is 4.39 Å². The van der Waals surface area contributed by atoms with Crippen LogP contribution in [0.5, 0.6) is 0 Å². The number of ether oxygens (including phenoxy) is 1. The SMILES string of the molecule is O=C(CC[C@H]1CNC(=O)[C@H]2C[C@H](NC(=S)NCCN3CCOCC3)CN12)NCc1ccc(F)cc1. The lowest BCUT2D eigenvalue weighted by Crippen LogP contribution is -2.58. The first kappa shape index (κ1) is 25.7. The summed E-state index contributed by atoms with van der Waals surface area (Å²) in [5, 5.41) is 13.1. The van der Waals surface area contributed by atoms with Crippen LogP contribution in [0.25, 0.3) is 0 Å². The summed E-state index contributed by atoms with van der Waals surface area (Å²) in [6.07, 6.45) is 1.70. The molecule has 3 fully saturated rings. The molecular formula is C24H35FN6O3S. The fourth-order valence-corrected chi connectivity index (χ4v) is 5.19. The molecule has 3 aliphatic rings. The topological polar surface area (TPSA) is 98.0 Å². The number of nitrogens with one attached hydrogen (secondary N) is 4. The van der Waals surface area contributed by atoms with Crippen LogP contribution in [0.15, 0.2) is 24.3 Å². The summed E-state index contributed by atoms with van der Waals surface area (Å²) < 4.78 is 18.4. The Labute approximate surface area is 211 Å². The van der Waals surface area contributed by atoms with Gasteiger partial charge in [-0.3, -0.25) is 19.4 Å². The molecular weight excluding hydrogens is 471 g/mol. The number of fused-ring (bicyclic) bond motifs is 1. The van der Waals surface area contributed by atoms with Crippen molar-refractivity contribution in [1.82, 2.24) is 31.1 Å². The summed E-state index contributed by atoms with van der Waals surface area (Å²) in [5.74, 6) is -0.309. The molecule has 0 unspecified atom stereocenters. The van der Waals surface area contributed by atoms with E-state index in [9.17, 15) is 14.0 Å². The van der Waals surface area contributed by atoms with Crippen molar-refractivity contribution in [3.05, 3.63) is 35.6 Å². The van der Waals surface area contributed by atoms with Gasteiger partial charge in [0, 0.05) is 64.3 Å². The van der Waals surface area contributed by atoms with Gasteiger partial charge < -0.3 is 26.0 Å². The summed E-state index contributed by atoms with van der Waals surface area (Å²) in [4.78, 5) is 29.4. The molecule has 3 atom stereocenters. The smallest absolute Gasteiger partial charge is 0.237 e. The Kier molecular flexibility index (Phi) is 9.25. The van der Waals surface area contributed by atoms with Crippen LogP contribution < -0.4 is 21.3 Å². The molecule has 9 nitrogen and oxygen atoms in total. The van der Waals surface area contributed by atoms with Gasteiger partial charge in [-0.1, -0.05) is 12.1 Å². The molecule has 0 aliphatic carbocycles. The first-order valence-electron chi connectivity index (χ1n) is 12.4. The van der Waals surface area contributed by atoms with Crippen molar-refractivity contribution in [2.75, 3.05) is 52.5 Å². The Balaban J connectivity index is 1.18. The number of hydrogen-bond acceptors (Lipinski definition) is 6. The fraction of sp³-hybridized carbons (Fsp3) is 0.625. The number of carbonyl (C=O) groups excluding carboxylic acids is 2. The number of hydrogen-bond donors (Lipinski definition) is 4. The molecule has 0 spiro atoms. The molecule has 2 amide bonds. The van der Waals surface area contributed by atoms with E-state index in [1.54, 1.807) is 12.1 Å². The number of thiocarbonyl (C=S) groups is 1. The molecule has 0 bridgehead atoms. The number of rotatable bonds is 9. The van der Waals surface area contributed by atoms with Crippen molar-refractivity contribution in [3.8, 4) is 0 Å². The average molecular weight is 507 g/mol. The molecule has 0 saturated carbocycles. The molecule has 1 aromatic rings. The minimum absolute atomic E-state index is 0.0394. The molecule has 4 rings (SSSR count). The van der Waals surface area contributed by atoms with E-state index in [1.165, 1.54) is 12.1 Å². The summed E-state index contributed by atoms with van der Waals surface area (Å²) in [6, 6.07) is 6.08. The summed E-state index contributed by atoms with van der Waals surface area (Å²) in [5.41, 5.74) is 0.854. The van der Waals surface area contributed by atoms with Crippen molar-refractivity contribution in [2.45, 2.75) is 43.9 Å². The van der Waals surface area contributed by atoms with E-state index in [0.717, 1.165) is 45.0 Å². The van der Waals surface area contributed by atoms with Crippen LogP contribution in [0.2, 0.25) is 0 Å². The second-order valence-electron chi connectivity index (χ2n) is 9.34.